The molecule has 0 fully saturated rings. The van der Waals surface area contributed by atoms with Crippen LogP contribution >= 0.6 is 0 Å². The van der Waals surface area contributed by atoms with Crippen molar-refractivity contribution in [3.63, 3.8) is 0 Å². The van der Waals surface area contributed by atoms with E-state index >= 15 is 0 Å². The second-order valence-corrected chi connectivity index (χ2v) is 8.06. The van der Waals surface area contributed by atoms with Crippen LogP contribution in [0.3, 0.4) is 0 Å². The number of hydrogen-bond donors (Lipinski definition) is 1. The van der Waals surface area contributed by atoms with Gasteiger partial charge in [-0.05, 0) is 30.2 Å². The van der Waals surface area contributed by atoms with Gasteiger partial charge in [0.25, 0.3) is 0 Å². The fourth-order valence-electron chi connectivity index (χ4n) is 4.03. The third kappa shape index (κ3) is 4.34. The highest BCUT2D eigenvalue weighted by Gasteiger charge is 2.38. The summed E-state index contributed by atoms with van der Waals surface area (Å²) in [6, 6.07) is 25.0. The largest absolute Gasteiger partial charge is 0.492 e. The van der Waals surface area contributed by atoms with Crippen molar-refractivity contribution in [3.8, 4) is 5.75 Å². The Morgan fingerprint density at radius 1 is 1.03 bits per heavy atom. The first-order valence-electron chi connectivity index (χ1n) is 11.1. The number of nitrogens with zero attached hydrogens (tertiary/aromatic N) is 3. The molecule has 0 spiro atoms. The first-order chi connectivity index (χ1) is 15.9. The molecule has 6 nitrogen and oxygen atoms in total. The highest BCUT2D eigenvalue weighted by molar-refractivity contribution is 5.78. The molecule has 1 aromatic heterocycles. The molecule has 3 aromatic carbocycles. The molecule has 1 heterocycles. The van der Waals surface area contributed by atoms with Gasteiger partial charge in [-0.3, -0.25) is 4.79 Å². The van der Waals surface area contributed by atoms with Crippen LogP contribution in [-0.4, -0.2) is 45.7 Å². The summed E-state index contributed by atoms with van der Waals surface area (Å²) in [7, 11) is 1.75. The van der Waals surface area contributed by atoms with E-state index in [1.807, 2.05) is 90.4 Å². The van der Waals surface area contributed by atoms with Gasteiger partial charge < -0.3 is 19.3 Å². The average Bonchev–Trinajstić information content (AvgIpc) is 3.23. The molecule has 0 aliphatic rings. The minimum Gasteiger partial charge on any atom is -0.492 e. The Balaban J connectivity index is 1.78. The second kappa shape index (κ2) is 9.46. The average molecular weight is 444 g/mol. The van der Waals surface area contributed by atoms with Crippen molar-refractivity contribution in [2.45, 2.75) is 26.0 Å². The molecule has 0 radical (unpaired) electrons. The summed E-state index contributed by atoms with van der Waals surface area (Å²) in [6.45, 7) is 5.11. The Labute approximate surface area is 194 Å². The Kier molecular flexibility index (Phi) is 6.47. The van der Waals surface area contributed by atoms with Crippen LogP contribution in [0.25, 0.3) is 11.0 Å². The summed E-state index contributed by atoms with van der Waals surface area (Å²) in [6.07, 6.45) is 0. The van der Waals surface area contributed by atoms with Crippen LogP contribution in [0.2, 0.25) is 0 Å². The summed E-state index contributed by atoms with van der Waals surface area (Å²) in [5.74, 6) is 1.26. The lowest BCUT2D eigenvalue weighted by Gasteiger charge is -2.29. The van der Waals surface area contributed by atoms with E-state index in [0.717, 1.165) is 22.2 Å². The molecule has 0 unspecified atom stereocenters. The van der Waals surface area contributed by atoms with Crippen molar-refractivity contribution in [2.24, 2.45) is 0 Å². The molecule has 6 heteroatoms. The van der Waals surface area contributed by atoms with E-state index < -0.39 is 5.60 Å². The number of imidazole rings is 1. The van der Waals surface area contributed by atoms with E-state index in [1.165, 1.54) is 6.92 Å². The Bertz CT molecular complexity index is 1200. The van der Waals surface area contributed by atoms with E-state index in [1.54, 1.807) is 11.9 Å². The van der Waals surface area contributed by atoms with Gasteiger partial charge in [-0.2, -0.15) is 0 Å². The first kappa shape index (κ1) is 22.6. The predicted octanol–water partition coefficient (Wildman–Crippen LogP) is 4.20. The molecule has 0 atom stereocenters. The van der Waals surface area contributed by atoms with Gasteiger partial charge >= 0.3 is 0 Å². The summed E-state index contributed by atoms with van der Waals surface area (Å²) < 4.78 is 7.93. The molecule has 4 aromatic rings. The molecule has 4 rings (SSSR count). The van der Waals surface area contributed by atoms with Crippen LogP contribution in [0.4, 0.5) is 0 Å². The number of carbonyl (C=O) groups is 1. The number of amides is 1. The van der Waals surface area contributed by atoms with E-state index in [0.29, 0.717) is 31.3 Å². The molecular formula is C27H29N3O3. The van der Waals surface area contributed by atoms with Crippen LogP contribution in [0, 0.1) is 0 Å². The zero-order chi connectivity index (χ0) is 23.4. The van der Waals surface area contributed by atoms with Crippen LogP contribution in [0.1, 0.15) is 30.8 Å². The number of likely N-dealkylation sites (N-methyl/N-ethyl adjacent to an activating group) is 1. The van der Waals surface area contributed by atoms with Crippen LogP contribution < -0.4 is 4.74 Å². The number of rotatable bonds is 8. The SMILES string of the molecule is CCn1c(C(O)(c2ccccc2)c2ccccc2)nc2ccc(OCCN(C)C(C)=O)cc21. The highest BCUT2D eigenvalue weighted by Crippen LogP contribution is 2.38. The van der Waals surface area contributed by atoms with Gasteiger partial charge in [-0.1, -0.05) is 60.7 Å². The summed E-state index contributed by atoms with van der Waals surface area (Å²) >= 11 is 0. The van der Waals surface area contributed by atoms with Crippen LogP contribution in [0.15, 0.2) is 78.9 Å². The second-order valence-electron chi connectivity index (χ2n) is 8.06. The Morgan fingerprint density at radius 3 is 2.18 bits per heavy atom. The molecule has 0 saturated carbocycles. The zero-order valence-corrected chi connectivity index (χ0v) is 19.2. The maximum atomic E-state index is 12.2. The molecule has 0 aliphatic heterocycles. The van der Waals surface area contributed by atoms with Gasteiger partial charge in [-0.25, -0.2) is 4.98 Å². The Morgan fingerprint density at radius 2 is 1.64 bits per heavy atom. The lowest BCUT2D eigenvalue weighted by molar-refractivity contribution is -0.127. The van der Waals surface area contributed by atoms with Gasteiger partial charge in [0, 0.05) is 26.6 Å². The predicted molar refractivity (Wildman–Crippen MR) is 129 cm³/mol. The van der Waals surface area contributed by atoms with E-state index in [2.05, 4.69) is 0 Å². The smallest absolute Gasteiger partial charge is 0.219 e. The summed E-state index contributed by atoms with van der Waals surface area (Å²) in [5, 5.41) is 12.2. The quantitative estimate of drug-likeness (QED) is 0.443. The number of fused-ring (bicyclic) bond motifs is 1. The van der Waals surface area contributed by atoms with Crippen molar-refractivity contribution in [2.75, 3.05) is 20.2 Å². The molecular weight excluding hydrogens is 414 g/mol. The third-order valence-corrected chi connectivity index (χ3v) is 5.98. The maximum Gasteiger partial charge on any atom is 0.219 e. The van der Waals surface area contributed by atoms with Crippen molar-refractivity contribution in [1.29, 1.82) is 0 Å². The van der Waals surface area contributed by atoms with Gasteiger partial charge in [-0.15, -0.1) is 0 Å². The fourth-order valence-corrected chi connectivity index (χ4v) is 4.03. The molecule has 33 heavy (non-hydrogen) atoms. The van der Waals surface area contributed by atoms with E-state index in [-0.39, 0.29) is 5.91 Å². The normalized spacial score (nSPS) is 11.5. The number of hydrogen-bond acceptors (Lipinski definition) is 4. The minimum atomic E-state index is -1.41. The number of aryl methyl sites for hydroxylation is 1. The van der Waals surface area contributed by atoms with Crippen molar-refractivity contribution in [1.82, 2.24) is 14.5 Å². The van der Waals surface area contributed by atoms with Gasteiger partial charge in [0.1, 0.15) is 12.4 Å². The lowest BCUT2D eigenvalue weighted by atomic mass is 9.85. The van der Waals surface area contributed by atoms with Crippen LogP contribution in [-0.2, 0) is 16.9 Å². The monoisotopic (exact) mass is 443 g/mol. The number of aliphatic hydroxyl groups is 1. The molecule has 0 aliphatic carbocycles. The van der Waals surface area contributed by atoms with Crippen molar-refractivity contribution >= 4 is 16.9 Å². The van der Waals surface area contributed by atoms with Gasteiger partial charge in [0.05, 0.1) is 17.6 Å². The number of ether oxygens (including phenoxy) is 1. The minimum absolute atomic E-state index is 0.00358. The standard InChI is InChI=1S/C27H29N3O3/c1-4-30-25-19-23(33-18-17-29(3)20(2)31)15-16-24(25)28-26(30)27(32,21-11-7-5-8-12-21)22-13-9-6-10-14-22/h5-16,19,32H,4,17-18H2,1-3H3. The van der Waals surface area contributed by atoms with Crippen LogP contribution in [0.5, 0.6) is 5.75 Å². The van der Waals surface area contributed by atoms with E-state index in [9.17, 15) is 9.90 Å². The van der Waals surface area contributed by atoms with Gasteiger partial charge in [0.2, 0.25) is 5.91 Å². The zero-order valence-electron chi connectivity index (χ0n) is 19.2. The number of carbonyl (C=O) groups excluding carboxylic acids is 1. The number of aromatic nitrogens is 2. The first-order valence-corrected chi connectivity index (χ1v) is 11.1. The highest BCUT2D eigenvalue weighted by atomic mass is 16.5. The van der Waals surface area contributed by atoms with Gasteiger partial charge in [0.15, 0.2) is 11.4 Å². The molecule has 0 saturated heterocycles. The lowest BCUT2D eigenvalue weighted by Crippen LogP contribution is -2.32. The van der Waals surface area contributed by atoms with E-state index in [4.69, 9.17) is 9.72 Å². The molecule has 1 amide bonds. The number of benzene rings is 3. The summed E-state index contributed by atoms with van der Waals surface area (Å²) in [5.41, 5.74) is 1.76. The molecule has 170 valence electrons. The molecule has 1 N–H and O–H groups in total. The molecule has 0 bridgehead atoms. The third-order valence-electron chi connectivity index (χ3n) is 5.98. The Hall–Kier alpha value is -3.64. The summed E-state index contributed by atoms with van der Waals surface area (Å²) in [4.78, 5) is 17.9. The maximum absolute atomic E-state index is 12.2. The van der Waals surface area contributed by atoms with Crippen molar-refractivity contribution < 1.29 is 14.6 Å². The topological polar surface area (TPSA) is 67.6 Å². The van der Waals surface area contributed by atoms with Crippen molar-refractivity contribution in [3.05, 3.63) is 95.8 Å². The fraction of sp³-hybridized carbons (Fsp3) is 0.259.